The summed E-state index contributed by atoms with van der Waals surface area (Å²) in [5.41, 5.74) is 4.90. The molecule has 1 amide bonds. The Labute approximate surface area is 184 Å². The van der Waals surface area contributed by atoms with Gasteiger partial charge in [-0.3, -0.25) is 10.00 Å². The number of nitrogens with zero attached hydrogens (tertiary/aromatic N) is 4. The Balaban J connectivity index is 1.20. The average molecular weight is 442 g/mol. The minimum absolute atomic E-state index is 0.274. The van der Waals surface area contributed by atoms with Gasteiger partial charge in [0, 0.05) is 38.8 Å². The Morgan fingerprint density at radius 3 is 2.61 bits per heavy atom. The Hall–Kier alpha value is -2.62. The molecular formula is C22H27N5O3S. The molecule has 8 nitrogen and oxygen atoms in total. The largest absolute Gasteiger partial charge is 0.611 e. The fraction of sp³-hybridized carbons (Fsp3) is 0.409. The van der Waals surface area contributed by atoms with E-state index in [0.717, 1.165) is 41.1 Å². The lowest BCUT2D eigenvalue weighted by atomic mass is 10.1. The molecule has 1 unspecified atom stereocenters. The van der Waals surface area contributed by atoms with Gasteiger partial charge in [0.25, 0.3) is 0 Å². The van der Waals surface area contributed by atoms with E-state index >= 15 is 0 Å². The maximum atomic E-state index is 12.6. The molecule has 1 N–H and O–H groups in total. The van der Waals surface area contributed by atoms with Crippen LogP contribution in [0.2, 0.25) is 0 Å². The summed E-state index contributed by atoms with van der Waals surface area (Å²) in [7, 11) is 0. The first kappa shape index (κ1) is 21.6. The van der Waals surface area contributed by atoms with Gasteiger partial charge < -0.3 is 14.2 Å². The van der Waals surface area contributed by atoms with Crippen molar-refractivity contribution in [2.75, 3.05) is 38.5 Å². The number of aryl methyl sites for hydroxylation is 2. The molecule has 31 heavy (non-hydrogen) atoms. The quantitative estimate of drug-likeness (QED) is 0.591. The van der Waals surface area contributed by atoms with Crippen molar-refractivity contribution in [2.24, 2.45) is 0 Å². The molecule has 1 aromatic heterocycles. The fourth-order valence-corrected chi connectivity index (χ4v) is 4.97. The summed E-state index contributed by atoms with van der Waals surface area (Å²) in [6, 6.07) is 11.7. The second kappa shape index (κ2) is 9.67. The molecule has 1 aliphatic heterocycles. The van der Waals surface area contributed by atoms with E-state index in [9.17, 15) is 9.35 Å². The van der Waals surface area contributed by atoms with Gasteiger partial charge in [-0.1, -0.05) is 34.5 Å². The molecule has 0 spiro atoms. The number of piperazine rings is 1. The molecule has 4 rings (SSSR count). The van der Waals surface area contributed by atoms with Gasteiger partial charge in [0.15, 0.2) is 4.90 Å². The molecule has 9 heteroatoms. The zero-order valence-electron chi connectivity index (χ0n) is 17.8. The standard InChI is InChI=1S/C22H27N5O3S/c1-16-11-17(2)13-18(12-16)15-30-22(28)27-7-5-26(6-8-27)9-10-31(29)19-3-4-20-21(14-19)24-25-23-20/h3-4,11-14H,5-10,15H2,1-2H3,(H,23,24,25). The first-order valence-corrected chi connectivity index (χ1v) is 11.7. The summed E-state index contributed by atoms with van der Waals surface area (Å²) in [5, 5.41) is 10.5. The predicted octanol–water partition coefficient (Wildman–Crippen LogP) is 2.64. The summed E-state index contributed by atoms with van der Waals surface area (Å²) < 4.78 is 18.1. The molecule has 3 aromatic rings. The Bertz CT molecular complexity index is 1030. The van der Waals surface area contributed by atoms with E-state index in [4.69, 9.17) is 4.74 Å². The van der Waals surface area contributed by atoms with Crippen LogP contribution in [0.25, 0.3) is 11.0 Å². The molecule has 164 valence electrons. The monoisotopic (exact) mass is 441 g/mol. The highest BCUT2D eigenvalue weighted by atomic mass is 32.2. The van der Waals surface area contributed by atoms with Crippen molar-refractivity contribution in [1.29, 1.82) is 0 Å². The summed E-state index contributed by atoms with van der Waals surface area (Å²) >= 11 is -1.09. The van der Waals surface area contributed by atoms with Crippen LogP contribution in [0.3, 0.4) is 0 Å². The number of rotatable bonds is 6. The number of ether oxygens (including phenoxy) is 1. The Morgan fingerprint density at radius 2 is 1.87 bits per heavy atom. The first-order valence-electron chi connectivity index (χ1n) is 10.4. The first-order chi connectivity index (χ1) is 15.0. The molecule has 1 atom stereocenters. The highest BCUT2D eigenvalue weighted by molar-refractivity contribution is 7.91. The number of amides is 1. The van der Waals surface area contributed by atoms with Crippen LogP contribution in [0.4, 0.5) is 4.79 Å². The third-order valence-electron chi connectivity index (χ3n) is 5.43. The Kier molecular flexibility index (Phi) is 6.74. The fourth-order valence-electron chi connectivity index (χ4n) is 3.84. The SMILES string of the molecule is Cc1cc(C)cc(COC(=O)N2CCN(CC[S+]([O-])c3ccc4nn[nH]c4c3)CC2)c1. The molecule has 1 fully saturated rings. The number of carbonyl (C=O) groups excluding carboxylic acids is 1. The van der Waals surface area contributed by atoms with E-state index in [1.807, 2.05) is 44.2 Å². The molecule has 2 heterocycles. The lowest BCUT2D eigenvalue weighted by Crippen LogP contribution is -2.49. The van der Waals surface area contributed by atoms with E-state index in [1.165, 1.54) is 11.1 Å². The van der Waals surface area contributed by atoms with Gasteiger partial charge in [0.1, 0.15) is 17.9 Å². The molecule has 2 aromatic carbocycles. The van der Waals surface area contributed by atoms with Crippen molar-refractivity contribution < 1.29 is 14.1 Å². The van der Waals surface area contributed by atoms with Gasteiger partial charge in [0.05, 0.1) is 5.52 Å². The number of fused-ring (bicyclic) bond motifs is 1. The topological polar surface area (TPSA) is 97.4 Å². The number of hydrogen-bond donors (Lipinski definition) is 1. The minimum Gasteiger partial charge on any atom is -0.611 e. The smallest absolute Gasteiger partial charge is 0.410 e. The van der Waals surface area contributed by atoms with Crippen LogP contribution in [-0.4, -0.2) is 74.3 Å². The third-order valence-corrected chi connectivity index (χ3v) is 6.76. The number of benzene rings is 2. The highest BCUT2D eigenvalue weighted by Crippen LogP contribution is 2.17. The zero-order chi connectivity index (χ0) is 21.8. The normalized spacial score (nSPS) is 15.9. The Morgan fingerprint density at radius 1 is 1.13 bits per heavy atom. The molecule has 0 aliphatic carbocycles. The van der Waals surface area contributed by atoms with Crippen LogP contribution in [0, 0.1) is 13.8 Å². The molecule has 0 bridgehead atoms. The third kappa shape index (κ3) is 5.55. The van der Waals surface area contributed by atoms with Crippen molar-refractivity contribution in [3.63, 3.8) is 0 Å². The molecule has 1 saturated heterocycles. The number of hydrogen-bond acceptors (Lipinski definition) is 6. The van der Waals surface area contributed by atoms with E-state index in [1.54, 1.807) is 4.90 Å². The number of H-pyrrole nitrogens is 1. The van der Waals surface area contributed by atoms with Crippen LogP contribution >= 0.6 is 0 Å². The summed E-state index contributed by atoms with van der Waals surface area (Å²) in [5.74, 6) is 0.546. The van der Waals surface area contributed by atoms with Crippen molar-refractivity contribution in [3.8, 4) is 0 Å². The number of nitrogens with one attached hydrogen (secondary N) is 1. The van der Waals surface area contributed by atoms with E-state index < -0.39 is 11.2 Å². The number of carbonyl (C=O) groups is 1. The highest BCUT2D eigenvalue weighted by Gasteiger charge is 2.23. The summed E-state index contributed by atoms with van der Waals surface area (Å²) in [6.45, 7) is 7.82. The van der Waals surface area contributed by atoms with Crippen molar-refractivity contribution in [3.05, 3.63) is 53.1 Å². The van der Waals surface area contributed by atoms with Gasteiger partial charge in [-0.05, 0) is 42.7 Å². The minimum atomic E-state index is -1.09. The van der Waals surface area contributed by atoms with Crippen LogP contribution in [-0.2, 0) is 22.5 Å². The van der Waals surface area contributed by atoms with Gasteiger partial charge in [-0.2, -0.15) is 0 Å². The van der Waals surface area contributed by atoms with Gasteiger partial charge in [-0.25, -0.2) is 4.79 Å². The molecule has 1 aliphatic rings. The van der Waals surface area contributed by atoms with Gasteiger partial charge >= 0.3 is 6.09 Å². The van der Waals surface area contributed by atoms with Crippen molar-refractivity contribution in [1.82, 2.24) is 25.2 Å². The lowest BCUT2D eigenvalue weighted by Gasteiger charge is -2.33. The molecular weight excluding hydrogens is 414 g/mol. The lowest BCUT2D eigenvalue weighted by molar-refractivity contribution is 0.0730. The molecule has 0 saturated carbocycles. The maximum absolute atomic E-state index is 12.6. The van der Waals surface area contributed by atoms with Crippen LogP contribution < -0.4 is 0 Å². The van der Waals surface area contributed by atoms with Crippen LogP contribution in [0.1, 0.15) is 16.7 Å². The van der Waals surface area contributed by atoms with E-state index in [-0.39, 0.29) is 12.7 Å². The average Bonchev–Trinajstić information content (AvgIpc) is 3.23. The van der Waals surface area contributed by atoms with Crippen LogP contribution in [0.5, 0.6) is 0 Å². The summed E-state index contributed by atoms with van der Waals surface area (Å²) in [6.07, 6.45) is -0.274. The predicted molar refractivity (Wildman–Crippen MR) is 119 cm³/mol. The number of aromatic amines is 1. The van der Waals surface area contributed by atoms with Crippen molar-refractivity contribution >= 4 is 28.3 Å². The second-order valence-electron chi connectivity index (χ2n) is 7.92. The van der Waals surface area contributed by atoms with Crippen LogP contribution in [0.15, 0.2) is 41.3 Å². The second-order valence-corrected chi connectivity index (χ2v) is 9.49. The summed E-state index contributed by atoms with van der Waals surface area (Å²) in [4.78, 5) is 17.2. The van der Waals surface area contributed by atoms with Crippen molar-refractivity contribution in [2.45, 2.75) is 25.3 Å². The number of aromatic nitrogens is 3. The van der Waals surface area contributed by atoms with Gasteiger partial charge in [0.2, 0.25) is 0 Å². The van der Waals surface area contributed by atoms with E-state index in [2.05, 4.69) is 26.4 Å². The zero-order valence-corrected chi connectivity index (χ0v) is 18.7. The van der Waals surface area contributed by atoms with E-state index in [0.29, 0.717) is 18.8 Å². The maximum Gasteiger partial charge on any atom is 0.410 e. The van der Waals surface area contributed by atoms with Gasteiger partial charge in [-0.15, -0.1) is 5.10 Å². The molecule has 0 radical (unpaired) electrons.